The molecule has 3 rings (SSSR count). The molecule has 3 amide bonds. The third kappa shape index (κ3) is 4.76. The maximum atomic E-state index is 11.9. The van der Waals surface area contributed by atoms with Crippen molar-refractivity contribution in [1.82, 2.24) is 5.32 Å². The zero-order valence-corrected chi connectivity index (χ0v) is 14.6. The van der Waals surface area contributed by atoms with E-state index in [0.29, 0.717) is 36.0 Å². The van der Waals surface area contributed by atoms with E-state index in [2.05, 4.69) is 10.6 Å². The lowest BCUT2D eigenvalue weighted by Gasteiger charge is -2.19. The Balaban J connectivity index is 1.47. The topological polar surface area (TPSA) is 127 Å². The number of urea groups is 1. The van der Waals surface area contributed by atoms with E-state index in [1.54, 1.807) is 18.2 Å². The molecule has 9 nitrogen and oxygen atoms in total. The molecule has 2 aromatic rings. The molecule has 0 unspecified atom stereocenters. The average molecular weight is 381 g/mol. The Morgan fingerprint density at radius 3 is 2.46 bits per heavy atom. The highest BCUT2D eigenvalue weighted by Gasteiger charge is 2.15. The van der Waals surface area contributed by atoms with Crippen molar-refractivity contribution in [3.63, 3.8) is 0 Å². The number of imide groups is 1. The Labute approximate surface area is 159 Å². The molecule has 142 valence electrons. The number of nitriles is 1. The van der Waals surface area contributed by atoms with E-state index in [1.807, 2.05) is 6.07 Å². The van der Waals surface area contributed by atoms with Crippen molar-refractivity contribution in [1.29, 1.82) is 5.26 Å². The van der Waals surface area contributed by atoms with Gasteiger partial charge in [-0.2, -0.15) is 5.26 Å². The number of carbonyl (C=O) groups is 3. The summed E-state index contributed by atoms with van der Waals surface area (Å²) in [6.45, 7) is 0.231. The van der Waals surface area contributed by atoms with Crippen LogP contribution in [0.3, 0.4) is 0 Å². The smallest absolute Gasteiger partial charge is 0.338 e. The molecule has 0 fully saturated rings. The molecule has 9 heteroatoms. The van der Waals surface area contributed by atoms with Crippen LogP contribution in [0.2, 0.25) is 0 Å². The van der Waals surface area contributed by atoms with Gasteiger partial charge in [0.1, 0.15) is 13.2 Å². The molecule has 1 heterocycles. The number of hydrogen-bond acceptors (Lipinski definition) is 7. The van der Waals surface area contributed by atoms with Gasteiger partial charge in [-0.3, -0.25) is 10.1 Å². The molecule has 2 aromatic carbocycles. The second kappa shape index (κ2) is 8.55. The predicted octanol–water partition coefficient (Wildman–Crippen LogP) is 1.83. The standard InChI is InChI=1S/C19H15N3O6/c20-10-12-1-3-13(4-2-12)18(24)28-11-17(23)22-19(25)21-14-5-6-15-16(9-14)27-8-7-26-15/h1-6,9H,7-8,11H2,(H2,21,22,23,25). The lowest BCUT2D eigenvalue weighted by atomic mass is 10.1. The zero-order valence-electron chi connectivity index (χ0n) is 14.6. The first kappa shape index (κ1) is 18.7. The highest BCUT2D eigenvalue weighted by Crippen LogP contribution is 2.32. The fourth-order valence-electron chi connectivity index (χ4n) is 2.34. The van der Waals surface area contributed by atoms with Crippen LogP contribution in [0.4, 0.5) is 10.5 Å². The van der Waals surface area contributed by atoms with Gasteiger partial charge in [-0.15, -0.1) is 0 Å². The third-order valence-corrected chi connectivity index (χ3v) is 3.64. The summed E-state index contributed by atoms with van der Waals surface area (Å²) >= 11 is 0. The summed E-state index contributed by atoms with van der Waals surface area (Å²) in [5.41, 5.74) is 0.988. The van der Waals surface area contributed by atoms with E-state index < -0.39 is 24.5 Å². The zero-order chi connectivity index (χ0) is 19.9. The minimum Gasteiger partial charge on any atom is -0.486 e. The summed E-state index contributed by atoms with van der Waals surface area (Å²) in [6.07, 6.45) is 0. The summed E-state index contributed by atoms with van der Waals surface area (Å²) in [7, 11) is 0. The van der Waals surface area contributed by atoms with Gasteiger partial charge in [0.2, 0.25) is 0 Å². The molecule has 1 aliphatic heterocycles. The molecule has 0 saturated carbocycles. The van der Waals surface area contributed by atoms with E-state index in [4.69, 9.17) is 19.5 Å². The van der Waals surface area contributed by atoms with Crippen molar-refractivity contribution >= 4 is 23.6 Å². The van der Waals surface area contributed by atoms with Crippen molar-refractivity contribution in [3.8, 4) is 17.6 Å². The highest BCUT2D eigenvalue weighted by atomic mass is 16.6. The minimum absolute atomic E-state index is 0.188. The van der Waals surface area contributed by atoms with E-state index in [-0.39, 0.29) is 5.56 Å². The van der Waals surface area contributed by atoms with Gasteiger partial charge in [-0.25, -0.2) is 9.59 Å². The van der Waals surface area contributed by atoms with E-state index in [1.165, 1.54) is 24.3 Å². The number of amides is 3. The van der Waals surface area contributed by atoms with Gasteiger partial charge in [-0.05, 0) is 36.4 Å². The third-order valence-electron chi connectivity index (χ3n) is 3.64. The lowest BCUT2D eigenvalue weighted by Crippen LogP contribution is -2.37. The second-order valence-electron chi connectivity index (χ2n) is 5.63. The lowest BCUT2D eigenvalue weighted by molar-refractivity contribution is -0.123. The van der Waals surface area contributed by atoms with Crippen LogP contribution in [0.1, 0.15) is 15.9 Å². The largest absolute Gasteiger partial charge is 0.486 e. The van der Waals surface area contributed by atoms with Gasteiger partial charge < -0.3 is 19.5 Å². The first-order valence-electron chi connectivity index (χ1n) is 8.23. The molecule has 0 atom stereocenters. The van der Waals surface area contributed by atoms with Crippen LogP contribution >= 0.6 is 0 Å². The number of carbonyl (C=O) groups excluding carboxylic acids is 3. The van der Waals surface area contributed by atoms with E-state index in [0.717, 1.165) is 0 Å². The molecule has 0 aromatic heterocycles. The SMILES string of the molecule is N#Cc1ccc(C(=O)OCC(=O)NC(=O)Nc2ccc3c(c2)OCCO3)cc1. The quantitative estimate of drug-likeness (QED) is 0.774. The van der Waals surface area contributed by atoms with E-state index >= 15 is 0 Å². The van der Waals surface area contributed by atoms with Gasteiger partial charge in [0.05, 0.1) is 17.2 Å². The van der Waals surface area contributed by atoms with Crippen LogP contribution in [0, 0.1) is 11.3 Å². The molecular weight excluding hydrogens is 366 g/mol. The van der Waals surface area contributed by atoms with Crippen LogP contribution in [0.15, 0.2) is 42.5 Å². The number of hydrogen-bond donors (Lipinski definition) is 2. The summed E-state index contributed by atoms with van der Waals surface area (Å²) < 4.78 is 15.6. The Morgan fingerprint density at radius 2 is 1.75 bits per heavy atom. The van der Waals surface area contributed by atoms with Crippen molar-refractivity contribution < 1.29 is 28.6 Å². The average Bonchev–Trinajstić information content (AvgIpc) is 2.72. The first-order valence-corrected chi connectivity index (χ1v) is 8.23. The van der Waals surface area contributed by atoms with Crippen LogP contribution in [0.5, 0.6) is 11.5 Å². The number of esters is 1. The number of nitrogens with one attached hydrogen (secondary N) is 2. The van der Waals surface area contributed by atoms with Crippen molar-refractivity contribution in [3.05, 3.63) is 53.6 Å². The minimum atomic E-state index is -0.794. The molecule has 0 radical (unpaired) electrons. The summed E-state index contributed by atoms with van der Waals surface area (Å²) in [5, 5.41) is 13.3. The van der Waals surface area contributed by atoms with Gasteiger partial charge in [0.15, 0.2) is 18.1 Å². The van der Waals surface area contributed by atoms with Crippen LogP contribution in [-0.2, 0) is 9.53 Å². The number of rotatable bonds is 4. The molecular formula is C19H15N3O6. The maximum absolute atomic E-state index is 11.9. The van der Waals surface area contributed by atoms with Crippen LogP contribution in [-0.4, -0.2) is 37.7 Å². The van der Waals surface area contributed by atoms with Gasteiger partial charge in [0.25, 0.3) is 5.91 Å². The second-order valence-corrected chi connectivity index (χ2v) is 5.63. The Bertz CT molecular complexity index is 949. The fourth-order valence-corrected chi connectivity index (χ4v) is 2.34. The molecule has 28 heavy (non-hydrogen) atoms. The van der Waals surface area contributed by atoms with Crippen molar-refractivity contribution in [2.75, 3.05) is 25.1 Å². The number of nitrogens with zero attached hydrogens (tertiary/aromatic N) is 1. The number of anilines is 1. The van der Waals surface area contributed by atoms with Gasteiger partial charge in [0, 0.05) is 11.8 Å². The first-order chi connectivity index (χ1) is 13.5. The van der Waals surface area contributed by atoms with Gasteiger partial charge in [-0.1, -0.05) is 0 Å². The number of ether oxygens (including phenoxy) is 3. The number of fused-ring (bicyclic) bond motifs is 1. The molecule has 2 N–H and O–H groups in total. The highest BCUT2D eigenvalue weighted by molar-refractivity contribution is 6.02. The normalized spacial score (nSPS) is 11.7. The Hall–Kier alpha value is -4.06. The predicted molar refractivity (Wildman–Crippen MR) is 96.0 cm³/mol. The van der Waals surface area contributed by atoms with Crippen LogP contribution < -0.4 is 20.1 Å². The van der Waals surface area contributed by atoms with Crippen LogP contribution in [0.25, 0.3) is 0 Å². The monoisotopic (exact) mass is 381 g/mol. The van der Waals surface area contributed by atoms with Crippen molar-refractivity contribution in [2.24, 2.45) is 0 Å². The number of benzene rings is 2. The van der Waals surface area contributed by atoms with Crippen molar-refractivity contribution in [2.45, 2.75) is 0 Å². The summed E-state index contributed by atoms with van der Waals surface area (Å²) in [4.78, 5) is 35.5. The molecule has 0 spiro atoms. The Kier molecular flexibility index (Phi) is 5.72. The maximum Gasteiger partial charge on any atom is 0.338 e. The summed E-state index contributed by atoms with van der Waals surface area (Å²) in [5.74, 6) is -0.473. The molecule has 0 saturated heterocycles. The molecule has 0 bridgehead atoms. The van der Waals surface area contributed by atoms with E-state index in [9.17, 15) is 14.4 Å². The molecule has 1 aliphatic rings. The Morgan fingerprint density at radius 1 is 1.04 bits per heavy atom. The molecule has 0 aliphatic carbocycles. The van der Waals surface area contributed by atoms with Gasteiger partial charge >= 0.3 is 12.0 Å². The summed E-state index contributed by atoms with van der Waals surface area (Å²) in [6, 6.07) is 11.7. The fraction of sp³-hybridized carbons (Fsp3) is 0.158.